The molecule has 0 fully saturated rings. The van der Waals surface area contributed by atoms with Crippen molar-refractivity contribution in [2.75, 3.05) is 0 Å². The molecule has 0 aliphatic carbocycles. The fourth-order valence-corrected chi connectivity index (χ4v) is 6.82. The number of hydrogen-bond donors (Lipinski definition) is 0. The van der Waals surface area contributed by atoms with Crippen LogP contribution in [0.3, 0.4) is 0 Å². The van der Waals surface area contributed by atoms with Crippen molar-refractivity contribution in [2.45, 2.75) is 82.2 Å². The van der Waals surface area contributed by atoms with Gasteiger partial charge in [0.2, 0.25) is 16.0 Å². The zero-order valence-electron chi connectivity index (χ0n) is 25.1. The predicted molar refractivity (Wildman–Crippen MR) is 141 cm³/mol. The van der Waals surface area contributed by atoms with E-state index < -0.39 is 93.3 Å². The van der Waals surface area contributed by atoms with Crippen LogP contribution in [0.4, 0.5) is 35.1 Å². The highest BCUT2D eigenvalue weighted by molar-refractivity contribution is 8.07. The third kappa shape index (κ3) is 5.99. The molecule has 24 heteroatoms. The number of alkyl halides is 8. The standard InChI is InChI=1S/C12H14F5N3O4S.C10H13F3N4O3S/c1-5-6(9(20(4)18-5)23-10(14)15)12(16,17)25(21,22)8-7(13)11(2,3)24-19-8;1-5-7(15-17(4)14-5)10(12,13)21(18,19)8-6(11)9(2,3)20-16-8/h7,10H,1-4H3;6H,1-4H3. The van der Waals surface area contributed by atoms with E-state index in [-0.39, 0.29) is 5.69 Å². The van der Waals surface area contributed by atoms with Gasteiger partial charge in [-0.15, -0.1) is 0 Å². The monoisotopic (exact) mass is 717 g/mol. The first-order chi connectivity index (χ1) is 20.6. The van der Waals surface area contributed by atoms with Crippen molar-refractivity contribution in [1.82, 2.24) is 24.8 Å². The van der Waals surface area contributed by atoms with Crippen LogP contribution >= 0.6 is 0 Å². The van der Waals surface area contributed by atoms with Gasteiger partial charge in [0.1, 0.15) is 5.56 Å². The Labute approximate surface area is 256 Å². The molecule has 4 rings (SSSR count). The van der Waals surface area contributed by atoms with E-state index in [4.69, 9.17) is 0 Å². The van der Waals surface area contributed by atoms with Gasteiger partial charge in [0.25, 0.3) is 19.7 Å². The summed E-state index contributed by atoms with van der Waals surface area (Å²) in [6.45, 7) is 3.28. The second kappa shape index (κ2) is 11.6. The molecule has 2 aliphatic heterocycles. The van der Waals surface area contributed by atoms with Crippen LogP contribution in [0.25, 0.3) is 0 Å². The maximum absolute atomic E-state index is 14.7. The van der Waals surface area contributed by atoms with Crippen molar-refractivity contribution in [3.05, 3.63) is 22.6 Å². The van der Waals surface area contributed by atoms with Crippen molar-refractivity contribution >= 4 is 29.8 Å². The molecule has 0 bridgehead atoms. The summed E-state index contributed by atoms with van der Waals surface area (Å²) >= 11 is 0. The van der Waals surface area contributed by atoms with Crippen LogP contribution in [0, 0.1) is 13.8 Å². The highest BCUT2D eigenvalue weighted by atomic mass is 32.2. The van der Waals surface area contributed by atoms with Gasteiger partial charge in [-0.3, -0.25) is 0 Å². The number of rotatable bonds is 6. The van der Waals surface area contributed by atoms with Gasteiger partial charge in [-0.1, -0.05) is 10.3 Å². The Morgan fingerprint density at radius 2 is 1.22 bits per heavy atom. The smallest absolute Gasteiger partial charge is 0.396 e. The Balaban J connectivity index is 0.000000254. The summed E-state index contributed by atoms with van der Waals surface area (Å²) in [4.78, 5) is 9.92. The van der Waals surface area contributed by atoms with E-state index in [1.54, 1.807) is 0 Å². The second-order valence-corrected chi connectivity index (χ2v) is 14.8. The lowest BCUT2D eigenvalue weighted by Gasteiger charge is -2.21. The molecule has 4 heterocycles. The number of sulfone groups is 2. The third-order valence-corrected chi connectivity index (χ3v) is 9.85. The number of aryl methyl sites for hydroxylation is 4. The molecule has 0 radical (unpaired) electrons. The van der Waals surface area contributed by atoms with Crippen LogP contribution in [-0.2, 0) is 54.0 Å². The number of ether oxygens (including phenoxy) is 1. The summed E-state index contributed by atoms with van der Waals surface area (Å²) in [6, 6.07) is 0. The Hall–Kier alpha value is -3.57. The summed E-state index contributed by atoms with van der Waals surface area (Å²) in [5, 5.41) is 4.10. The molecular weight excluding hydrogens is 690 g/mol. The summed E-state index contributed by atoms with van der Waals surface area (Å²) in [7, 11) is -8.89. The van der Waals surface area contributed by atoms with Gasteiger partial charge in [-0.2, -0.15) is 46.4 Å². The van der Waals surface area contributed by atoms with Gasteiger partial charge in [-0.25, -0.2) is 30.3 Å². The van der Waals surface area contributed by atoms with Gasteiger partial charge in [0.15, 0.2) is 29.2 Å². The van der Waals surface area contributed by atoms with E-state index in [0.29, 0.717) is 4.68 Å². The maximum atomic E-state index is 14.7. The van der Waals surface area contributed by atoms with E-state index in [0.717, 1.165) is 32.6 Å². The Morgan fingerprint density at radius 3 is 1.57 bits per heavy atom. The molecule has 2 aliphatic rings. The molecule has 2 atom stereocenters. The number of oxime groups is 2. The maximum Gasteiger partial charge on any atom is 0.396 e. The van der Waals surface area contributed by atoms with Gasteiger partial charge in [0, 0.05) is 14.1 Å². The fraction of sp³-hybridized carbons (Fsp3) is 0.682. The van der Waals surface area contributed by atoms with E-state index >= 15 is 0 Å². The first kappa shape index (κ1) is 36.9. The summed E-state index contributed by atoms with van der Waals surface area (Å²) in [5.41, 5.74) is -6.75. The van der Waals surface area contributed by atoms with Crippen molar-refractivity contribution in [1.29, 1.82) is 0 Å². The predicted octanol–water partition coefficient (Wildman–Crippen LogP) is 3.30. The van der Waals surface area contributed by atoms with Gasteiger partial charge in [-0.05, 0) is 41.5 Å². The lowest BCUT2D eigenvalue weighted by molar-refractivity contribution is -0.0583. The minimum atomic E-state index is -5.74. The normalized spacial score (nSPS) is 21.2. The van der Waals surface area contributed by atoms with Crippen molar-refractivity contribution in [2.24, 2.45) is 24.4 Å². The molecule has 14 nitrogen and oxygen atoms in total. The van der Waals surface area contributed by atoms with Gasteiger partial charge < -0.3 is 14.4 Å². The van der Waals surface area contributed by atoms with Crippen LogP contribution < -0.4 is 4.74 Å². The zero-order valence-corrected chi connectivity index (χ0v) is 26.7. The van der Waals surface area contributed by atoms with E-state index in [1.165, 1.54) is 27.8 Å². The number of nitrogens with zero attached hydrogens (tertiary/aromatic N) is 7. The first-order valence-corrected chi connectivity index (χ1v) is 15.5. The Bertz CT molecular complexity index is 1790. The topological polar surface area (TPSA) is 169 Å². The molecule has 0 aromatic carbocycles. The van der Waals surface area contributed by atoms with Crippen LogP contribution in [0.2, 0.25) is 0 Å². The van der Waals surface area contributed by atoms with Crippen LogP contribution in [0.1, 0.15) is 50.3 Å². The highest BCUT2D eigenvalue weighted by Gasteiger charge is 2.61. The summed E-state index contributed by atoms with van der Waals surface area (Å²) in [6.07, 6.45) is -4.77. The van der Waals surface area contributed by atoms with Crippen molar-refractivity contribution < 1.29 is 66.4 Å². The van der Waals surface area contributed by atoms with E-state index in [1.807, 2.05) is 0 Å². The van der Waals surface area contributed by atoms with E-state index in [9.17, 15) is 52.0 Å². The average molecular weight is 718 g/mol. The zero-order chi connectivity index (χ0) is 35.6. The number of hydrogen-bond acceptors (Lipinski definition) is 12. The quantitative estimate of drug-likeness (QED) is 0.404. The molecule has 260 valence electrons. The second-order valence-electron chi connectivity index (χ2n) is 10.9. The third-order valence-electron chi connectivity index (χ3n) is 6.44. The molecular formula is C22H27F8N7O7S2. The molecule has 2 aromatic rings. The minimum Gasteiger partial charge on any atom is -0.417 e. The highest BCUT2D eigenvalue weighted by Crippen LogP contribution is 2.45. The lowest BCUT2D eigenvalue weighted by Crippen LogP contribution is -2.42. The van der Waals surface area contributed by atoms with Gasteiger partial charge >= 0.3 is 17.1 Å². The lowest BCUT2D eigenvalue weighted by atomic mass is 10.1. The first-order valence-electron chi connectivity index (χ1n) is 12.6. The molecule has 0 amide bonds. The van der Waals surface area contributed by atoms with Crippen molar-refractivity contribution in [3.8, 4) is 5.88 Å². The Kier molecular flexibility index (Phi) is 9.30. The molecule has 0 saturated carbocycles. The Morgan fingerprint density at radius 1 is 0.783 bits per heavy atom. The van der Waals surface area contributed by atoms with Crippen molar-refractivity contribution in [3.63, 3.8) is 0 Å². The van der Waals surface area contributed by atoms with Crippen LogP contribution in [0.15, 0.2) is 10.3 Å². The summed E-state index contributed by atoms with van der Waals surface area (Å²) in [5.74, 6) is -1.16. The van der Waals surface area contributed by atoms with Crippen LogP contribution in [-0.4, -0.2) is 81.9 Å². The minimum absolute atomic E-state index is 0.278. The molecule has 0 saturated heterocycles. The molecule has 2 unspecified atom stereocenters. The van der Waals surface area contributed by atoms with Crippen LogP contribution in [0.5, 0.6) is 5.88 Å². The molecule has 2 aromatic heterocycles. The number of halogens is 8. The molecule has 0 N–H and O–H groups in total. The SMILES string of the molecule is Cc1nn(C)c(OC(F)F)c1C(F)(F)S(=O)(=O)C1=NOC(C)(C)C1F.Cc1nn(C)nc1C(F)(F)S(=O)(=O)C1=NOC(C)(C)C1F. The fourth-order valence-electron chi connectivity index (χ4n) is 3.96. The molecule has 0 spiro atoms. The summed E-state index contributed by atoms with van der Waals surface area (Å²) < 4.78 is 164. The average Bonchev–Trinajstić information content (AvgIpc) is 3.57. The van der Waals surface area contributed by atoms with Gasteiger partial charge in [0.05, 0.1) is 11.4 Å². The van der Waals surface area contributed by atoms with E-state index in [2.05, 4.69) is 40.0 Å². The number of aromatic nitrogens is 5. The largest absolute Gasteiger partial charge is 0.417 e. The molecule has 46 heavy (non-hydrogen) atoms.